The van der Waals surface area contributed by atoms with Gasteiger partial charge in [-0.1, -0.05) is 0 Å². The molecule has 110 valence electrons. The summed E-state index contributed by atoms with van der Waals surface area (Å²) < 4.78 is 0. The number of halogens is 1. The highest BCUT2D eigenvalue weighted by molar-refractivity contribution is 5.95. The molecule has 5 nitrogen and oxygen atoms in total. The lowest BCUT2D eigenvalue weighted by Crippen LogP contribution is -2.41. The van der Waals surface area contributed by atoms with Crippen LogP contribution in [0.1, 0.15) is 34.7 Å². The number of carbonyl (C=O) groups excluding carboxylic acids is 1. The summed E-state index contributed by atoms with van der Waals surface area (Å²) >= 11 is 0. The van der Waals surface area contributed by atoms with Crippen LogP contribution in [0.5, 0.6) is 0 Å². The smallest absolute Gasteiger partial charge is 0.257 e. The Morgan fingerprint density at radius 1 is 1.40 bits per heavy atom. The summed E-state index contributed by atoms with van der Waals surface area (Å²) in [4.78, 5) is 22.9. The van der Waals surface area contributed by atoms with E-state index in [1.54, 1.807) is 6.20 Å². The van der Waals surface area contributed by atoms with Crippen LogP contribution >= 0.6 is 12.4 Å². The van der Waals surface area contributed by atoms with Crippen molar-refractivity contribution < 1.29 is 4.79 Å². The third-order valence-electron chi connectivity index (χ3n) is 4.22. The number of carbonyl (C=O) groups is 1. The van der Waals surface area contributed by atoms with Gasteiger partial charge < -0.3 is 10.2 Å². The largest absolute Gasteiger partial charge is 0.337 e. The predicted molar refractivity (Wildman–Crippen MR) is 79.2 cm³/mol. The number of rotatable bonds is 1. The SMILES string of the molecule is Cc1ncc(C(=O)N2C[C@@H]3CCCN[C@@H]3C2)c(C)n1.Cl. The van der Waals surface area contributed by atoms with Gasteiger partial charge in [0.2, 0.25) is 0 Å². The zero-order valence-corrected chi connectivity index (χ0v) is 12.7. The molecule has 2 aliphatic rings. The van der Waals surface area contributed by atoms with Crippen molar-refractivity contribution in [2.24, 2.45) is 5.92 Å². The Hall–Kier alpha value is -1.20. The first kappa shape index (κ1) is 15.2. The van der Waals surface area contributed by atoms with Crippen molar-refractivity contribution in [3.05, 3.63) is 23.3 Å². The molecule has 0 aliphatic carbocycles. The van der Waals surface area contributed by atoms with Crippen molar-refractivity contribution in [2.75, 3.05) is 19.6 Å². The molecule has 1 amide bonds. The summed E-state index contributed by atoms with van der Waals surface area (Å²) in [5.74, 6) is 1.41. The van der Waals surface area contributed by atoms with E-state index >= 15 is 0 Å². The number of hydrogen-bond donors (Lipinski definition) is 1. The lowest BCUT2D eigenvalue weighted by Gasteiger charge is -2.24. The molecule has 6 heteroatoms. The fourth-order valence-corrected chi connectivity index (χ4v) is 3.18. The summed E-state index contributed by atoms with van der Waals surface area (Å²) in [6.45, 7) is 6.48. The van der Waals surface area contributed by atoms with Crippen LogP contribution in [0.2, 0.25) is 0 Å². The number of likely N-dealkylation sites (tertiary alicyclic amines) is 1. The van der Waals surface area contributed by atoms with Crippen molar-refractivity contribution >= 4 is 18.3 Å². The lowest BCUT2D eigenvalue weighted by atomic mass is 9.94. The van der Waals surface area contributed by atoms with Crippen LogP contribution in [0.4, 0.5) is 0 Å². The minimum absolute atomic E-state index is 0. The molecule has 2 atom stereocenters. The molecule has 0 radical (unpaired) electrons. The molecule has 1 aromatic heterocycles. The van der Waals surface area contributed by atoms with Crippen LogP contribution in [-0.4, -0.2) is 46.5 Å². The third kappa shape index (κ3) is 2.79. The van der Waals surface area contributed by atoms with E-state index in [0.29, 0.717) is 23.3 Å². The van der Waals surface area contributed by atoms with Gasteiger partial charge in [-0.25, -0.2) is 9.97 Å². The van der Waals surface area contributed by atoms with Gasteiger partial charge in [-0.15, -0.1) is 12.4 Å². The van der Waals surface area contributed by atoms with Crippen LogP contribution in [0, 0.1) is 19.8 Å². The summed E-state index contributed by atoms with van der Waals surface area (Å²) in [6, 6.07) is 0.476. The maximum absolute atomic E-state index is 12.5. The summed E-state index contributed by atoms with van der Waals surface area (Å²) in [6.07, 6.45) is 4.11. The molecule has 0 aromatic carbocycles. The molecule has 2 fully saturated rings. The molecular formula is C14H21ClN4O. The van der Waals surface area contributed by atoms with Gasteiger partial charge in [-0.2, -0.15) is 0 Å². The van der Waals surface area contributed by atoms with Gasteiger partial charge in [-0.05, 0) is 39.2 Å². The summed E-state index contributed by atoms with van der Waals surface area (Å²) in [5, 5.41) is 3.52. The van der Waals surface area contributed by atoms with Crippen molar-refractivity contribution in [3.63, 3.8) is 0 Å². The molecule has 0 unspecified atom stereocenters. The molecule has 3 rings (SSSR count). The van der Waals surface area contributed by atoms with Gasteiger partial charge in [0.15, 0.2) is 0 Å². The normalized spacial score (nSPS) is 25.0. The minimum Gasteiger partial charge on any atom is -0.337 e. The van der Waals surface area contributed by atoms with Crippen LogP contribution < -0.4 is 5.32 Å². The highest BCUT2D eigenvalue weighted by Gasteiger charge is 2.37. The minimum atomic E-state index is 0. The number of fused-ring (bicyclic) bond motifs is 1. The second-order valence-corrected chi connectivity index (χ2v) is 5.59. The molecule has 0 bridgehead atoms. The number of nitrogens with zero attached hydrogens (tertiary/aromatic N) is 3. The Kier molecular flexibility index (Phi) is 4.60. The molecule has 0 spiro atoms. The first-order chi connectivity index (χ1) is 9.15. The Morgan fingerprint density at radius 2 is 2.20 bits per heavy atom. The lowest BCUT2D eigenvalue weighted by molar-refractivity contribution is 0.0784. The maximum Gasteiger partial charge on any atom is 0.257 e. The molecule has 3 heterocycles. The Morgan fingerprint density at radius 3 is 2.90 bits per heavy atom. The summed E-state index contributed by atoms with van der Waals surface area (Å²) in [5.41, 5.74) is 1.42. The number of aromatic nitrogens is 2. The third-order valence-corrected chi connectivity index (χ3v) is 4.22. The van der Waals surface area contributed by atoms with E-state index in [0.717, 1.165) is 25.3 Å². The maximum atomic E-state index is 12.5. The van der Waals surface area contributed by atoms with Crippen LogP contribution in [0.25, 0.3) is 0 Å². The highest BCUT2D eigenvalue weighted by Crippen LogP contribution is 2.26. The van der Waals surface area contributed by atoms with E-state index < -0.39 is 0 Å². The molecule has 2 aliphatic heterocycles. The van der Waals surface area contributed by atoms with Gasteiger partial charge in [0.25, 0.3) is 5.91 Å². The monoisotopic (exact) mass is 296 g/mol. The quantitative estimate of drug-likeness (QED) is 0.850. The van der Waals surface area contributed by atoms with Gasteiger partial charge in [0.05, 0.1) is 11.3 Å². The summed E-state index contributed by atoms with van der Waals surface area (Å²) in [7, 11) is 0. The van der Waals surface area contributed by atoms with E-state index in [9.17, 15) is 4.79 Å². The molecule has 20 heavy (non-hydrogen) atoms. The van der Waals surface area contributed by atoms with E-state index in [1.165, 1.54) is 12.8 Å². The number of aryl methyl sites for hydroxylation is 2. The highest BCUT2D eigenvalue weighted by atomic mass is 35.5. The first-order valence-electron chi connectivity index (χ1n) is 6.98. The fourth-order valence-electron chi connectivity index (χ4n) is 3.18. The second-order valence-electron chi connectivity index (χ2n) is 5.59. The van der Waals surface area contributed by atoms with Crippen LogP contribution in [-0.2, 0) is 0 Å². The Labute approximate surface area is 125 Å². The van der Waals surface area contributed by atoms with Crippen molar-refractivity contribution in [1.29, 1.82) is 0 Å². The van der Waals surface area contributed by atoms with Gasteiger partial charge in [0.1, 0.15) is 5.82 Å². The average Bonchev–Trinajstić information content (AvgIpc) is 2.81. The van der Waals surface area contributed by atoms with Crippen molar-refractivity contribution in [1.82, 2.24) is 20.2 Å². The van der Waals surface area contributed by atoms with E-state index in [1.807, 2.05) is 18.7 Å². The predicted octanol–water partition coefficient (Wildman–Crippen LogP) is 1.34. The zero-order valence-electron chi connectivity index (χ0n) is 11.9. The van der Waals surface area contributed by atoms with Crippen LogP contribution in [0.15, 0.2) is 6.20 Å². The van der Waals surface area contributed by atoms with E-state index in [-0.39, 0.29) is 18.3 Å². The molecule has 2 saturated heterocycles. The average molecular weight is 297 g/mol. The Bertz CT molecular complexity index is 494. The van der Waals surface area contributed by atoms with Crippen molar-refractivity contribution in [2.45, 2.75) is 32.7 Å². The number of hydrogen-bond acceptors (Lipinski definition) is 4. The molecule has 0 saturated carbocycles. The topological polar surface area (TPSA) is 58.1 Å². The molecule has 1 N–H and O–H groups in total. The van der Waals surface area contributed by atoms with Gasteiger partial charge in [-0.3, -0.25) is 4.79 Å². The fraction of sp³-hybridized carbons (Fsp3) is 0.643. The van der Waals surface area contributed by atoms with Gasteiger partial charge >= 0.3 is 0 Å². The number of nitrogens with one attached hydrogen (secondary N) is 1. The number of amides is 1. The van der Waals surface area contributed by atoms with Crippen LogP contribution in [0.3, 0.4) is 0 Å². The Balaban J connectivity index is 0.00000147. The van der Waals surface area contributed by atoms with E-state index in [2.05, 4.69) is 15.3 Å². The van der Waals surface area contributed by atoms with E-state index in [4.69, 9.17) is 0 Å². The zero-order chi connectivity index (χ0) is 13.4. The standard InChI is InChI=1S/C14H20N4O.ClH/c1-9-12(6-16-10(2)17-9)14(19)18-7-11-4-3-5-15-13(11)8-18;/h6,11,13,15H,3-5,7-8H2,1-2H3;1H/t11-,13+;/m0./s1. The molecular weight excluding hydrogens is 276 g/mol. The van der Waals surface area contributed by atoms with Gasteiger partial charge in [0, 0.05) is 25.3 Å². The first-order valence-corrected chi connectivity index (χ1v) is 6.98. The number of piperidine rings is 1. The van der Waals surface area contributed by atoms with Crippen molar-refractivity contribution in [3.8, 4) is 0 Å². The second kappa shape index (κ2) is 6.06. The molecule has 1 aromatic rings.